The second kappa shape index (κ2) is 6.55. The molecule has 0 heterocycles. The maximum atomic E-state index is 5.14. The molecule has 1 nitrogen and oxygen atoms in total. The van der Waals surface area contributed by atoms with Crippen LogP contribution >= 0.6 is 11.8 Å². The van der Waals surface area contributed by atoms with E-state index in [9.17, 15) is 0 Å². The predicted molar refractivity (Wildman–Crippen MR) is 68.3 cm³/mol. The highest BCUT2D eigenvalue weighted by Gasteiger charge is 1.98. The third-order valence-corrected chi connectivity index (χ3v) is 3.27. The molecule has 1 aromatic rings. The molecule has 2 heteroatoms. The first kappa shape index (κ1) is 12.2. The summed E-state index contributed by atoms with van der Waals surface area (Å²) in [6, 6.07) is 6.57. The lowest BCUT2D eigenvalue weighted by Gasteiger charge is -2.06. The molecule has 0 atom stereocenters. The minimum Gasteiger partial charge on any atom is -0.305 e. The molecule has 0 aliphatic rings. The van der Waals surface area contributed by atoms with Crippen molar-refractivity contribution in [2.75, 3.05) is 18.8 Å². The number of terminal acetylenes is 1. The van der Waals surface area contributed by atoms with E-state index in [1.165, 1.54) is 16.0 Å². The number of rotatable bonds is 5. The van der Waals surface area contributed by atoms with E-state index in [1.54, 1.807) is 0 Å². The summed E-state index contributed by atoms with van der Waals surface area (Å²) >= 11 is 1.88. The molecule has 0 aromatic heterocycles. The SMILES string of the molecule is C#CCNCCSc1ccc(C)cc1C. The molecule has 0 aliphatic heterocycles. The van der Waals surface area contributed by atoms with Gasteiger partial charge in [0.05, 0.1) is 6.54 Å². The van der Waals surface area contributed by atoms with Gasteiger partial charge in [-0.3, -0.25) is 0 Å². The fourth-order valence-corrected chi connectivity index (χ4v) is 2.27. The molecule has 0 aliphatic carbocycles. The van der Waals surface area contributed by atoms with Crippen LogP contribution in [0.4, 0.5) is 0 Å². The Balaban J connectivity index is 2.35. The summed E-state index contributed by atoms with van der Waals surface area (Å²) in [6.07, 6.45) is 5.14. The Bertz CT molecular complexity index is 352. The monoisotopic (exact) mass is 219 g/mol. The fraction of sp³-hybridized carbons (Fsp3) is 0.385. The number of benzene rings is 1. The Hall–Kier alpha value is -0.910. The first-order valence-corrected chi connectivity index (χ1v) is 6.07. The van der Waals surface area contributed by atoms with Crippen LogP contribution in [0.3, 0.4) is 0 Å². The second-order valence-corrected chi connectivity index (χ2v) is 4.64. The summed E-state index contributed by atoms with van der Waals surface area (Å²) in [7, 11) is 0. The smallest absolute Gasteiger partial charge is 0.0574 e. The molecule has 0 bridgehead atoms. The summed E-state index contributed by atoms with van der Waals surface area (Å²) in [5, 5.41) is 3.18. The van der Waals surface area contributed by atoms with Crippen molar-refractivity contribution in [3.63, 3.8) is 0 Å². The Kier molecular flexibility index (Phi) is 5.31. The molecule has 0 radical (unpaired) electrons. The maximum Gasteiger partial charge on any atom is 0.0574 e. The summed E-state index contributed by atoms with van der Waals surface area (Å²) in [4.78, 5) is 1.36. The molecule has 80 valence electrons. The third-order valence-electron chi connectivity index (χ3n) is 2.09. The third kappa shape index (κ3) is 4.42. The number of aryl methyl sites for hydroxylation is 2. The quantitative estimate of drug-likeness (QED) is 0.464. The molecule has 0 amide bonds. The molecule has 0 spiro atoms. The van der Waals surface area contributed by atoms with Crippen LogP contribution in [0, 0.1) is 26.2 Å². The van der Waals surface area contributed by atoms with E-state index in [0.717, 1.165) is 12.3 Å². The zero-order valence-electron chi connectivity index (χ0n) is 9.34. The van der Waals surface area contributed by atoms with E-state index < -0.39 is 0 Å². The topological polar surface area (TPSA) is 12.0 Å². The van der Waals surface area contributed by atoms with Crippen molar-refractivity contribution < 1.29 is 0 Å². The van der Waals surface area contributed by atoms with Gasteiger partial charge in [0.1, 0.15) is 0 Å². The molecule has 0 fully saturated rings. The van der Waals surface area contributed by atoms with Crippen LogP contribution in [-0.4, -0.2) is 18.8 Å². The van der Waals surface area contributed by atoms with Gasteiger partial charge in [0.25, 0.3) is 0 Å². The number of thioether (sulfide) groups is 1. The van der Waals surface area contributed by atoms with E-state index in [1.807, 2.05) is 11.8 Å². The van der Waals surface area contributed by atoms with Crippen LogP contribution in [-0.2, 0) is 0 Å². The van der Waals surface area contributed by atoms with Crippen molar-refractivity contribution in [3.8, 4) is 12.3 Å². The standard InChI is InChI=1S/C13H17NS/c1-4-7-14-8-9-15-13-6-5-11(2)10-12(13)3/h1,5-6,10,14H,7-9H2,2-3H3. The van der Waals surface area contributed by atoms with E-state index in [4.69, 9.17) is 6.42 Å². The van der Waals surface area contributed by atoms with Crippen molar-refractivity contribution in [2.24, 2.45) is 0 Å². The van der Waals surface area contributed by atoms with E-state index in [-0.39, 0.29) is 0 Å². The lowest BCUT2D eigenvalue weighted by molar-refractivity contribution is 0.818. The summed E-state index contributed by atoms with van der Waals surface area (Å²) < 4.78 is 0. The highest BCUT2D eigenvalue weighted by atomic mass is 32.2. The second-order valence-electron chi connectivity index (χ2n) is 3.50. The Morgan fingerprint density at radius 2 is 2.20 bits per heavy atom. The van der Waals surface area contributed by atoms with E-state index >= 15 is 0 Å². The number of hydrogen-bond acceptors (Lipinski definition) is 2. The van der Waals surface area contributed by atoms with Gasteiger partial charge in [-0.1, -0.05) is 23.6 Å². The Morgan fingerprint density at radius 1 is 1.40 bits per heavy atom. The molecular formula is C13H17NS. The van der Waals surface area contributed by atoms with Gasteiger partial charge in [0.15, 0.2) is 0 Å². The minimum atomic E-state index is 0.660. The average molecular weight is 219 g/mol. The van der Waals surface area contributed by atoms with Crippen molar-refractivity contribution in [1.82, 2.24) is 5.32 Å². The van der Waals surface area contributed by atoms with Crippen molar-refractivity contribution in [3.05, 3.63) is 29.3 Å². The lowest BCUT2D eigenvalue weighted by atomic mass is 10.2. The summed E-state index contributed by atoms with van der Waals surface area (Å²) in [6.45, 7) is 5.90. The van der Waals surface area contributed by atoms with Crippen LogP contribution < -0.4 is 5.32 Å². The van der Waals surface area contributed by atoms with E-state index in [2.05, 4.69) is 43.3 Å². The first-order chi connectivity index (χ1) is 7.24. The van der Waals surface area contributed by atoms with Crippen molar-refractivity contribution in [1.29, 1.82) is 0 Å². The van der Waals surface area contributed by atoms with Crippen LogP contribution in [0.15, 0.2) is 23.1 Å². The molecule has 1 N–H and O–H groups in total. The van der Waals surface area contributed by atoms with Crippen molar-refractivity contribution in [2.45, 2.75) is 18.7 Å². The Morgan fingerprint density at radius 3 is 2.87 bits per heavy atom. The summed E-state index contributed by atoms with van der Waals surface area (Å²) in [5.74, 6) is 3.63. The molecule has 0 unspecified atom stereocenters. The zero-order chi connectivity index (χ0) is 11.1. The van der Waals surface area contributed by atoms with Crippen LogP contribution in [0.2, 0.25) is 0 Å². The molecule has 1 rings (SSSR count). The van der Waals surface area contributed by atoms with Gasteiger partial charge < -0.3 is 5.32 Å². The number of hydrogen-bond donors (Lipinski definition) is 1. The van der Waals surface area contributed by atoms with E-state index in [0.29, 0.717) is 6.54 Å². The normalized spacial score (nSPS) is 9.93. The molecule has 0 saturated carbocycles. The molecule has 0 saturated heterocycles. The highest BCUT2D eigenvalue weighted by Crippen LogP contribution is 2.22. The largest absolute Gasteiger partial charge is 0.305 e. The van der Waals surface area contributed by atoms with Gasteiger partial charge in [0.2, 0.25) is 0 Å². The van der Waals surface area contributed by atoms with Gasteiger partial charge in [-0.2, -0.15) is 0 Å². The van der Waals surface area contributed by atoms with Crippen molar-refractivity contribution >= 4 is 11.8 Å². The van der Waals surface area contributed by atoms with Gasteiger partial charge >= 0.3 is 0 Å². The Labute approximate surface area is 96.7 Å². The summed E-state index contributed by atoms with van der Waals surface area (Å²) in [5.41, 5.74) is 2.68. The minimum absolute atomic E-state index is 0.660. The van der Waals surface area contributed by atoms with Gasteiger partial charge in [0, 0.05) is 17.2 Å². The zero-order valence-corrected chi connectivity index (χ0v) is 10.2. The predicted octanol–water partition coefficient (Wildman–Crippen LogP) is 2.62. The fourth-order valence-electron chi connectivity index (χ4n) is 1.35. The van der Waals surface area contributed by atoms with Crippen LogP contribution in [0.25, 0.3) is 0 Å². The van der Waals surface area contributed by atoms with Gasteiger partial charge in [-0.05, 0) is 25.5 Å². The van der Waals surface area contributed by atoms with Crippen LogP contribution in [0.5, 0.6) is 0 Å². The average Bonchev–Trinajstić information content (AvgIpc) is 2.20. The number of nitrogens with one attached hydrogen (secondary N) is 1. The van der Waals surface area contributed by atoms with Crippen LogP contribution in [0.1, 0.15) is 11.1 Å². The maximum absolute atomic E-state index is 5.14. The molecule has 15 heavy (non-hydrogen) atoms. The molecular weight excluding hydrogens is 202 g/mol. The van der Waals surface area contributed by atoms with Gasteiger partial charge in [-0.25, -0.2) is 0 Å². The first-order valence-electron chi connectivity index (χ1n) is 5.08. The lowest BCUT2D eigenvalue weighted by Crippen LogP contribution is -2.16. The van der Waals surface area contributed by atoms with Gasteiger partial charge in [-0.15, -0.1) is 18.2 Å². The molecule has 1 aromatic carbocycles. The highest BCUT2D eigenvalue weighted by molar-refractivity contribution is 7.99.